The van der Waals surface area contributed by atoms with E-state index in [1.807, 2.05) is 17.8 Å². The van der Waals surface area contributed by atoms with Crippen LogP contribution in [0.1, 0.15) is 25.5 Å². The van der Waals surface area contributed by atoms with Crippen LogP contribution in [-0.2, 0) is 0 Å². The predicted molar refractivity (Wildman–Crippen MR) is 88.2 cm³/mol. The molecule has 1 aromatic rings. The molecule has 1 fully saturated rings. The Morgan fingerprint density at radius 2 is 2.20 bits per heavy atom. The van der Waals surface area contributed by atoms with Crippen LogP contribution in [0.2, 0.25) is 0 Å². The molecule has 3 nitrogen and oxygen atoms in total. The molecule has 1 aromatic carbocycles. The molecule has 3 unspecified atom stereocenters. The molecule has 0 aromatic heterocycles. The van der Waals surface area contributed by atoms with E-state index in [2.05, 4.69) is 48.5 Å². The van der Waals surface area contributed by atoms with Crippen molar-refractivity contribution in [3.8, 4) is 5.75 Å². The van der Waals surface area contributed by atoms with Crippen molar-refractivity contribution in [2.75, 3.05) is 18.6 Å². The summed E-state index contributed by atoms with van der Waals surface area (Å²) in [4.78, 5) is 2.20. The Hall–Kier alpha value is -0.940. The van der Waals surface area contributed by atoms with Gasteiger partial charge < -0.3 is 15.0 Å². The SMILES string of the molecule is CSCCN1C(=S)NC2c3ccccc3OC1(C)C2C. The number of hydrogen-bond donors (Lipinski definition) is 1. The number of para-hydroxylation sites is 1. The van der Waals surface area contributed by atoms with Crippen LogP contribution in [0.5, 0.6) is 5.75 Å². The average molecular weight is 308 g/mol. The third kappa shape index (κ3) is 1.99. The minimum atomic E-state index is -0.364. The number of nitrogens with zero attached hydrogens (tertiary/aromatic N) is 1. The van der Waals surface area contributed by atoms with Gasteiger partial charge in [-0.05, 0) is 31.5 Å². The average Bonchev–Trinajstić information content (AvgIpc) is 2.42. The lowest BCUT2D eigenvalue weighted by Crippen LogP contribution is -2.69. The van der Waals surface area contributed by atoms with Gasteiger partial charge in [0.25, 0.3) is 0 Å². The third-order valence-electron chi connectivity index (χ3n) is 4.49. The number of hydrogen-bond acceptors (Lipinski definition) is 3. The van der Waals surface area contributed by atoms with E-state index in [1.165, 1.54) is 5.56 Å². The highest BCUT2D eigenvalue weighted by Crippen LogP contribution is 2.47. The van der Waals surface area contributed by atoms with Crippen LogP contribution in [0.4, 0.5) is 0 Å². The summed E-state index contributed by atoms with van der Waals surface area (Å²) in [6.07, 6.45) is 2.12. The lowest BCUT2D eigenvalue weighted by molar-refractivity contribution is -0.108. The van der Waals surface area contributed by atoms with E-state index in [0.29, 0.717) is 5.92 Å². The normalized spacial score (nSPS) is 31.4. The number of nitrogens with one attached hydrogen (secondary N) is 1. The Kier molecular flexibility index (Phi) is 3.58. The van der Waals surface area contributed by atoms with Gasteiger partial charge in [-0.1, -0.05) is 25.1 Å². The maximum Gasteiger partial charge on any atom is 0.186 e. The Bertz CT molecular complexity index is 536. The van der Waals surface area contributed by atoms with E-state index in [4.69, 9.17) is 17.0 Å². The Morgan fingerprint density at radius 3 is 2.95 bits per heavy atom. The van der Waals surface area contributed by atoms with Gasteiger partial charge in [-0.2, -0.15) is 11.8 Å². The molecular weight excluding hydrogens is 288 g/mol. The first-order valence-electron chi connectivity index (χ1n) is 6.93. The van der Waals surface area contributed by atoms with Crippen LogP contribution < -0.4 is 10.1 Å². The second-order valence-electron chi connectivity index (χ2n) is 5.55. The summed E-state index contributed by atoms with van der Waals surface area (Å²) in [6.45, 7) is 5.30. The Morgan fingerprint density at radius 1 is 1.45 bits per heavy atom. The number of thiocarbonyl (C=S) groups is 1. The zero-order valence-electron chi connectivity index (χ0n) is 12.1. The van der Waals surface area contributed by atoms with Crippen molar-refractivity contribution in [3.63, 3.8) is 0 Å². The Balaban J connectivity index is 2.01. The molecule has 2 aliphatic heterocycles. The van der Waals surface area contributed by atoms with Crippen molar-refractivity contribution in [1.29, 1.82) is 0 Å². The van der Waals surface area contributed by atoms with Crippen molar-refractivity contribution >= 4 is 29.1 Å². The third-order valence-corrected chi connectivity index (χ3v) is 5.42. The molecule has 0 saturated carbocycles. The van der Waals surface area contributed by atoms with E-state index >= 15 is 0 Å². The van der Waals surface area contributed by atoms with E-state index in [1.54, 1.807) is 0 Å². The minimum absolute atomic E-state index is 0.239. The lowest BCUT2D eigenvalue weighted by atomic mass is 9.81. The topological polar surface area (TPSA) is 24.5 Å². The van der Waals surface area contributed by atoms with E-state index < -0.39 is 0 Å². The van der Waals surface area contributed by atoms with Crippen LogP contribution in [0.25, 0.3) is 0 Å². The monoisotopic (exact) mass is 308 g/mol. The van der Waals surface area contributed by atoms with Crippen molar-refractivity contribution in [1.82, 2.24) is 10.2 Å². The molecule has 5 heteroatoms. The maximum atomic E-state index is 6.37. The van der Waals surface area contributed by atoms with Gasteiger partial charge in [0.05, 0.1) is 6.04 Å². The fourth-order valence-electron chi connectivity index (χ4n) is 3.15. The van der Waals surface area contributed by atoms with Gasteiger partial charge in [0, 0.05) is 23.8 Å². The molecule has 3 rings (SSSR count). The molecule has 3 atom stereocenters. The lowest BCUT2D eigenvalue weighted by Gasteiger charge is -2.56. The van der Waals surface area contributed by atoms with E-state index in [0.717, 1.165) is 23.2 Å². The summed E-state index contributed by atoms with van der Waals surface area (Å²) in [5.74, 6) is 2.35. The molecule has 0 aliphatic carbocycles. The quantitative estimate of drug-likeness (QED) is 0.865. The summed E-state index contributed by atoms with van der Waals surface area (Å²) in [5.41, 5.74) is 0.848. The summed E-state index contributed by atoms with van der Waals surface area (Å²) in [5, 5.41) is 4.31. The largest absolute Gasteiger partial charge is 0.467 e. The summed E-state index contributed by atoms with van der Waals surface area (Å²) >= 11 is 7.40. The van der Waals surface area contributed by atoms with Crippen LogP contribution in [-0.4, -0.2) is 34.3 Å². The molecule has 2 bridgehead atoms. The first kappa shape index (κ1) is 14.0. The zero-order valence-corrected chi connectivity index (χ0v) is 13.7. The number of thioether (sulfide) groups is 1. The van der Waals surface area contributed by atoms with E-state index in [-0.39, 0.29) is 11.8 Å². The van der Waals surface area contributed by atoms with Gasteiger partial charge in [0.2, 0.25) is 0 Å². The molecule has 0 radical (unpaired) electrons. The molecule has 108 valence electrons. The molecule has 1 saturated heterocycles. The second kappa shape index (κ2) is 5.11. The molecule has 20 heavy (non-hydrogen) atoms. The fraction of sp³-hybridized carbons (Fsp3) is 0.533. The number of ether oxygens (including phenoxy) is 1. The van der Waals surface area contributed by atoms with Gasteiger partial charge in [0.1, 0.15) is 5.75 Å². The highest BCUT2D eigenvalue weighted by atomic mass is 32.2. The minimum Gasteiger partial charge on any atom is -0.467 e. The molecule has 2 aliphatic rings. The van der Waals surface area contributed by atoms with Crippen LogP contribution in [0, 0.1) is 5.92 Å². The van der Waals surface area contributed by atoms with Gasteiger partial charge in [0.15, 0.2) is 10.8 Å². The van der Waals surface area contributed by atoms with Gasteiger partial charge in [-0.3, -0.25) is 0 Å². The molecule has 2 heterocycles. The van der Waals surface area contributed by atoms with Crippen molar-refractivity contribution in [2.45, 2.75) is 25.6 Å². The van der Waals surface area contributed by atoms with Crippen LogP contribution in [0.15, 0.2) is 24.3 Å². The van der Waals surface area contributed by atoms with Crippen LogP contribution >= 0.6 is 24.0 Å². The predicted octanol–water partition coefficient (Wildman–Crippen LogP) is 3.03. The smallest absolute Gasteiger partial charge is 0.186 e. The summed E-state index contributed by atoms with van der Waals surface area (Å²) in [7, 11) is 0. The summed E-state index contributed by atoms with van der Waals surface area (Å²) in [6, 6.07) is 8.50. The molecule has 0 spiro atoms. The van der Waals surface area contributed by atoms with Gasteiger partial charge in [-0.25, -0.2) is 0 Å². The van der Waals surface area contributed by atoms with E-state index in [9.17, 15) is 0 Å². The fourth-order valence-corrected chi connectivity index (χ4v) is 3.91. The van der Waals surface area contributed by atoms with Crippen molar-refractivity contribution in [2.24, 2.45) is 5.92 Å². The highest BCUT2D eigenvalue weighted by molar-refractivity contribution is 7.98. The second-order valence-corrected chi connectivity index (χ2v) is 6.93. The molecule has 1 N–H and O–H groups in total. The zero-order chi connectivity index (χ0) is 14.3. The standard InChI is InChI=1S/C15H20N2OS2/c1-10-13-11-6-4-5-7-12(11)18-15(10,2)17(8-9-20-3)14(19)16-13/h4-7,10,13H,8-9H2,1-3H3,(H,16,19). The maximum absolute atomic E-state index is 6.37. The first-order chi connectivity index (χ1) is 9.58. The van der Waals surface area contributed by atoms with Gasteiger partial charge >= 0.3 is 0 Å². The first-order valence-corrected chi connectivity index (χ1v) is 8.73. The molecular formula is C15H20N2OS2. The van der Waals surface area contributed by atoms with Crippen LogP contribution in [0.3, 0.4) is 0 Å². The van der Waals surface area contributed by atoms with Crippen molar-refractivity contribution < 1.29 is 4.74 Å². The number of benzene rings is 1. The number of rotatable bonds is 3. The Labute approximate surface area is 130 Å². The van der Waals surface area contributed by atoms with Crippen molar-refractivity contribution in [3.05, 3.63) is 29.8 Å². The van der Waals surface area contributed by atoms with Gasteiger partial charge in [-0.15, -0.1) is 0 Å². The highest BCUT2D eigenvalue weighted by Gasteiger charge is 2.52. The summed E-state index contributed by atoms with van der Waals surface area (Å²) < 4.78 is 6.37. The number of fused-ring (bicyclic) bond motifs is 4. The molecule has 0 amide bonds.